The van der Waals surface area contributed by atoms with Crippen LogP contribution in [0.2, 0.25) is 0 Å². The Balaban J connectivity index is 1.60. The predicted octanol–water partition coefficient (Wildman–Crippen LogP) is 3.09. The number of hydrogen-bond acceptors (Lipinski definition) is 3. The van der Waals surface area contributed by atoms with Crippen LogP contribution in [0.4, 0.5) is 0 Å². The maximum atomic E-state index is 6.08. The molecule has 3 nitrogen and oxygen atoms in total. The lowest BCUT2D eigenvalue weighted by Gasteiger charge is -2.29. The lowest BCUT2D eigenvalue weighted by atomic mass is 10.0. The van der Waals surface area contributed by atoms with Crippen LogP contribution in [-0.4, -0.2) is 25.4 Å². The van der Waals surface area contributed by atoms with Crippen molar-refractivity contribution >= 4 is 0 Å². The number of benzene rings is 1. The third-order valence-electron chi connectivity index (χ3n) is 4.04. The highest BCUT2D eigenvalue weighted by Crippen LogP contribution is 2.39. The zero-order valence-electron chi connectivity index (χ0n) is 11.3. The molecular formula is C16H20O3. The highest BCUT2D eigenvalue weighted by atomic mass is 16.6. The fourth-order valence-corrected chi connectivity index (χ4v) is 2.97. The van der Waals surface area contributed by atoms with E-state index in [1.807, 2.05) is 24.3 Å². The van der Waals surface area contributed by atoms with Gasteiger partial charge in [-0.25, -0.2) is 0 Å². The Hall–Kier alpha value is -1.32. The van der Waals surface area contributed by atoms with Crippen molar-refractivity contribution in [1.29, 1.82) is 0 Å². The summed E-state index contributed by atoms with van der Waals surface area (Å²) in [5.74, 6) is 0.878. The third-order valence-corrected chi connectivity index (χ3v) is 4.04. The molecule has 1 aromatic carbocycles. The minimum Gasteiger partial charge on any atom is -0.497 e. The first kappa shape index (κ1) is 12.7. The van der Waals surface area contributed by atoms with E-state index in [2.05, 4.69) is 12.2 Å². The molecule has 1 aromatic rings. The Morgan fingerprint density at radius 1 is 1.32 bits per heavy atom. The molecule has 3 heteroatoms. The van der Waals surface area contributed by atoms with E-state index >= 15 is 0 Å². The van der Waals surface area contributed by atoms with E-state index in [1.165, 1.54) is 12.0 Å². The van der Waals surface area contributed by atoms with E-state index in [1.54, 1.807) is 7.11 Å². The molecule has 2 atom stereocenters. The van der Waals surface area contributed by atoms with Gasteiger partial charge in [0.1, 0.15) is 11.4 Å². The van der Waals surface area contributed by atoms with Gasteiger partial charge in [0, 0.05) is 0 Å². The highest BCUT2D eigenvalue weighted by molar-refractivity contribution is 5.26. The quantitative estimate of drug-likeness (QED) is 0.779. The van der Waals surface area contributed by atoms with E-state index in [9.17, 15) is 0 Å². The van der Waals surface area contributed by atoms with E-state index in [0.29, 0.717) is 6.61 Å². The van der Waals surface area contributed by atoms with E-state index in [4.69, 9.17) is 14.2 Å². The van der Waals surface area contributed by atoms with Crippen molar-refractivity contribution < 1.29 is 14.2 Å². The molecular weight excluding hydrogens is 240 g/mol. The van der Waals surface area contributed by atoms with Gasteiger partial charge in [-0.05, 0) is 37.0 Å². The second-order valence-corrected chi connectivity index (χ2v) is 5.21. The van der Waals surface area contributed by atoms with Crippen LogP contribution in [0, 0.1) is 0 Å². The normalized spacial score (nSPS) is 29.2. The van der Waals surface area contributed by atoms with E-state index < -0.39 is 0 Å². The molecule has 0 radical (unpaired) electrons. The van der Waals surface area contributed by atoms with Gasteiger partial charge in [0.05, 0.1) is 26.4 Å². The van der Waals surface area contributed by atoms with Crippen LogP contribution in [0.1, 0.15) is 24.8 Å². The Morgan fingerprint density at radius 3 is 2.84 bits per heavy atom. The molecule has 1 heterocycles. The van der Waals surface area contributed by atoms with Crippen molar-refractivity contribution in [2.45, 2.75) is 37.6 Å². The molecule has 0 N–H and O–H groups in total. The summed E-state index contributed by atoms with van der Waals surface area (Å²) in [5, 5.41) is 0. The molecule has 3 rings (SSSR count). The Bertz CT molecular complexity index is 452. The van der Waals surface area contributed by atoms with Crippen LogP contribution < -0.4 is 4.74 Å². The first-order valence-corrected chi connectivity index (χ1v) is 6.89. The maximum absolute atomic E-state index is 6.08. The fraction of sp³-hybridized carbons (Fsp3) is 0.500. The van der Waals surface area contributed by atoms with Crippen LogP contribution in [0.5, 0.6) is 5.75 Å². The standard InChI is InChI=1S/C16H20O3/c1-17-14-7-5-13(6-8-14)12-18-15-4-2-9-16(15)10-3-11-19-16/h3,5-8,10,15H,2,4,9,11-12H2,1H3/t15-,16+/m1/s1. The first-order valence-electron chi connectivity index (χ1n) is 6.89. The summed E-state index contributed by atoms with van der Waals surface area (Å²) >= 11 is 0. The first-order chi connectivity index (χ1) is 9.32. The van der Waals surface area contributed by atoms with Crippen LogP contribution in [0.25, 0.3) is 0 Å². The molecule has 0 unspecified atom stereocenters. The summed E-state index contributed by atoms with van der Waals surface area (Å²) < 4.78 is 17.1. The molecule has 1 spiro atoms. The number of ether oxygens (including phenoxy) is 3. The third kappa shape index (κ3) is 2.53. The molecule has 0 bridgehead atoms. The minimum absolute atomic E-state index is 0.146. The molecule has 2 aliphatic rings. The Morgan fingerprint density at radius 2 is 2.16 bits per heavy atom. The molecule has 1 saturated carbocycles. The second kappa shape index (κ2) is 5.35. The number of rotatable bonds is 4. The maximum Gasteiger partial charge on any atom is 0.118 e. The number of hydrogen-bond donors (Lipinski definition) is 0. The van der Waals surface area contributed by atoms with Gasteiger partial charge >= 0.3 is 0 Å². The van der Waals surface area contributed by atoms with Gasteiger partial charge < -0.3 is 14.2 Å². The summed E-state index contributed by atoms with van der Waals surface area (Å²) in [4.78, 5) is 0. The molecule has 19 heavy (non-hydrogen) atoms. The lowest BCUT2D eigenvalue weighted by molar-refractivity contribution is -0.0905. The monoisotopic (exact) mass is 260 g/mol. The van der Waals surface area contributed by atoms with Crippen molar-refractivity contribution in [3.05, 3.63) is 42.0 Å². The van der Waals surface area contributed by atoms with Gasteiger partial charge in [-0.1, -0.05) is 24.3 Å². The van der Waals surface area contributed by atoms with E-state index in [0.717, 1.165) is 25.2 Å². The van der Waals surface area contributed by atoms with Crippen LogP contribution in [0.15, 0.2) is 36.4 Å². The molecule has 102 valence electrons. The van der Waals surface area contributed by atoms with Crippen LogP contribution in [0.3, 0.4) is 0 Å². The van der Waals surface area contributed by atoms with Crippen molar-refractivity contribution in [3.63, 3.8) is 0 Å². The lowest BCUT2D eigenvalue weighted by Crippen LogP contribution is -2.37. The van der Waals surface area contributed by atoms with Gasteiger partial charge in [-0.3, -0.25) is 0 Å². The van der Waals surface area contributed by atoms with Crippen molar-refractivity contribution in [1.82, 2.24) is 0 Å². The fourth-order valence-electron chi connectivity index (χ4n) is 2.97. The SMILES string of the molecule is COc1ccc(CO[C@@H]2CCC[C@]23C=CCO3)cc1. The van der Waals surface area contributed by atoms with Gasteiger partial charge in [0.2, 0.25) is 0 Å². The molecule has 1 aliphatic carbocycles. The highest BCUT2D eigenvalue weighted by Gasteiger charge is 2.44. The molecule has 0 aromatic heterocycles. The van der Waals surface area contributed by atoms with Gasteiger partial charge in [0.25, 0.3) is 0 Å². The number of methoxy groups -OCH3 is 1. The van der Waals surface area contributed by atoms with Gasteiger partial charge in [0.15, 0.2) is 0 Å². The minimum atomic E-state index is -0.146. The van der Waals surface area contributed by atoms with E-state index in [-0.39, 0.29) is 11.7 Å². The summed E-state index contributed by atoms with van der Waals surface area (Å²) in [6.45, 7) is 1.36. The van der Waals surface area contributed by atoms with Crippen molar-refractivity contribution in [2.75, 3.05) is 13.7 Å². The molecule has 0 saturated heterocycles. The van der Waals surface area contributed by atoms with Gasteiger partial charge in [-0.15, -0.1) is 0 Å². The largest absolute Gasteiger partial charge is 0.497 e. The van der Waals surface area contributed by atoms with Crippen molar-refractivity contribution in [2.24, 2.45) is 0 Å². The predicted molar refractivity (Wildman–Crippen MR) is 73.2 cm³/mol. The zero-order chi connectivity index (χ0) is 13.1. The van der Waals surface area contributed by atoms with Gasteiger partial charge in [-0.2, -0.15) is 0 Å². The summed E-state index contributed by atoms with van der Waals surface area (Å²) in [6.07, 6.45) is 7.83. The summed E-state index contributed by atoms with van der Waals surface area (Å²) in [6, 6.07) is 8.03. The zero-order valence-corrected chi connectivity index (χ0v) is 11.3. The van der Waals surface area contributed by atoms with Crippen molar-refractivity contribution in [3.8, 4) is 5.75 Å². The average molecular weight is 260 g/mol. The Kier molecular flexibility index (Phi) is 3.58. The van der Waals surface area contributed by atoms with Crippen LogP contribution in [-0.2, 0) is 16.1 Å². The average Bonchev–Trinajstić information content (AvgIpc) is 3.08. The van der Waals surface area contributed by atoms with Crippen LogP contribution >= 0.6 is 0 Å². The summed E-state index contributed by atoms with van der Waals surface area (Å²) in [5.41, 5.74) is 1.02. The molecule has 1 aliphatic heterocycles. The smallest absolute Gasteiger partial charge is 0.118 e. The molecule has 0 amide bonds. The molecule has 1 fully saturated rings. The summed E-state index contributed by atoms with van der Waals surface area (Å²) in [7, 11) is 1.68. The topological polar surface area (TPSA) is 27.7 Å². The Labute approximate surface area is 114 Å². The second-order valence-electron chi connectivity index (χ2n) is 5.21.